The summed E-state index contributed by atoms with van der Waals surface area (Å²) in [6, 6.07) is 15.3. The topological polar surface area (TPSA) is 207 Å². The number of piperidine rings is 1. The van der Waals surface area contributed by atoms with Crippen molar-refractivity contribution in [3.63, 3.8) is 0 Å². The molecule has 0 aromatic heterocycles. The van der Waals surface area contributed by atoms with Gasteiger partial charge in [0, 0.05) is 31.1 Å². The molecular weight excluding hydrogens is 849 g/mol. The zero-order chi connectivity index (χ0) is 48.0. The van der Waals surface area contributed by atoms with Gasteiger partial charge in [-0.05, 0) is 115 Å². The Balaban J connectivity index is 1.44. The molecule has 0 bridgehead atoms. The van der Waals surface area contributed by atoms with Crippen molar-refractivity contribution in [1.29, 1.82) is 0 Å². The average Bonchev–Trinajstić information content (AvgIpc) is 3.28. The van der Waals surface area contributed by atoms with Crippen molar-refractivity contribution >= 4 is 29.8 Å². The van der Waals surface area contributed by atoms with Gasteiger partial charge in [-0.3, -0.25) is 9.59 Å². The highest BCUT2D eigenvalue weighted by atomic mass is 16.6. The third-order valence-corrected chi connectivity index (χ3v) is 14.2. The zero-order valence-electron chi connectivity index (χ0n) is 39.5. The lowest BCUT2D eigenvalue weighted by molar-refractivity contribution is -0.261. The van der Waals surface area contributed by atoms with Crippen molar-refractivity contribution in [3.8, 4) is 0 Å². The van der Waals surface area contributed by atoms with Crippen LogP contribution in [0.1, 0.15) is 128 Å². The van der Waals surface area contributed by atoms with Gasteiger partial charge in [-0.1, -0.05) is 68.8 Å². The van der Waals surface area contributed by atoms with Gasteiger partial charge < -0.3 is 49.2 Å². The quantitative estimate of drug-likeness (QED) is 0.0950. The summed E-state index contributed by atoms with van der Waals surface area (Å²) in [6.45, 7) is 14.3. The Labute approximate surface area is 388 Å². The van der Waals surface area contributed by atoms with Crippen LogP contribution in [0, 0.1) is 17.3 Å². The third-order valence-electron chi connectivity index (χ3n) is 14.2. The summed E-state index contributed by atoms with van der Waals surface area (Å²) in [5.74, 6) is -4.87. The van der Waals surface area contributed by atoms with Crippen molar-refractivity contribution in [2.75, 3.05) is 26.2 Å². The number of alkyl carbamates (subject to hydrolysis) is 1. The highest BCUT2D eigenvalue weighted by molar-refractivity contribution is 5.93. The van der Waals surface area contributed by atoms with Crippen LogP contribution in [0.2, 0.25) is 0 Å². The molecule has 15 heteroatoms. The van der Waals surface area contributed by atoms with Gasteiger partial charge in [0.05, 0.1) is 29.8 Å². The summed E-state index contributed by atoms with van der Waals surface area (Å²) in [5.41, 5.74) is -3.71. The standard InChI is InChI=1S/C51H70N2O13/c1-8-34-31(3)37(29-51(61,9-2)45(65-46(58)33-22-15-11-16-23-33)40-35-30-62-36(35)28-38(54)50(40,7)44(57)42(34)56)63-47(59)43(64-39(55)24-19-27-53-25-17-12-18-26-53)41(32-20-13-10-14-21-32)52-48(60)66-49(4,5)6/h10-11,13-16,20-23,35-38,40-43,45,54,56,61H,8-9,12,17-19,24-30H2,1-7H3,(H,52,60)/b34-31+/t35-,36-,37+,38+,40?,41+,42-,43-,45+,50-,51-/m1/s1. The Bertz CT molecular complexity index is 2050. The highest BCUT2D eigenvalue weighted by Crippen LogP contribution is 2.56. The number of fused-ring (bicyclic) bond motifs is 3. The van der Waals surface area contributed by atoms with Crippen LogP contribution in [0.5, 0.6) is 0 Å². The van der Waals surface area contributed by atoms with Gasteiger partial charge in [-0.15, -0.1) is 0 Å². The van der Waals surface area contributed by atoms with Crippen LogP contribution < -0.4 is 5.32 Å². The fraction of sp³-hybridized carbons (Fsp3) is 0.627. The van der Waals surface area contributed by atoms with Crippen LogP contribution in [0.3, 0.4) is 0 Å². The number of aliphatic hydroxyl groups excluding tert-OH is 2. The number of ketones is 1. The van der Waals surface area contributed by atoms with Gasteiger partial charge in [-0.25, -0.2) is 14.4 Å². The van der Waals surface area contributed by atoms with Gasteiger partial charge >= 0.3 is 24.0 Å². The Morgan fingerprint density at radius 2 is 1.61 bits per heavy atom. The normalized spacial score (nSPS) is 31.4. The first kappa shape index (κ1) is 50.7. The predicted molar refractivity (Wildman–Crippen MR) is 243 cm³/mol. The minimum absolute atomic E-state index is 0.0349. The highest BCUT2D eigenvalue weighted by Gasteiger charge is 2.66. The molecule has 1 unspecified atom stereocenters. The largest absolute Gasteiger partial charge is 0.455 e. The van der Waals surface area contributed by atoms with Gasteiger partial charge in [0.25, 0.3) is 0 Å². The number of benzene rings is 2. The lowest BCUT2D eigenvalue weighted by Crippen LogP contribution is -2.70. The van der Waals surface area contributed by atoms with E-state index < -0.39 is 107 Å². The summed E-state index contributed by atoms with van der Waals surface area (Å²) in [7, 11) is 0. The van der Waals surface area contributed by atoms with E-state index >= 15 is 4.79 Å². The second kappa shape index (κ2) is 21.5. The smallest absolute Gasteiger partial charge is 0.408 e. The first-order chi connectivity index (χ1) is 31.3. The molecule has 2 aromatic carbocycles. The van der Waals surface area contributed by atoms with Crippen LogP contribution in [0.4, 0.5) is 4.79 Å². The van der Waals surface area contributed by atoms with Crippen LogP contribution >= 0.6 is 0 Å². The molecule has 1 amide bonds. The summed E-state index contributed by atoms with van der Waals surface area (Å²) >= 11 is 0. The molecule has 2 saturated heterocycles. The number of nitrogens with zero attached hydrogens (tertiary/aromatic N) is 1. The van der Waals surface area contributed by atoms with Crippen molar-refractivity contribution in [3.05, 3.63) is 82.9 Å². The van der Waals surface area contributed by atoms with E-state index in [9.17, 15) is 34.5 Å². The van der Waals surface area contributed by atoms with Gasteiger partial charge in [-0.2, -0.15) is 0 Å². The maximum atomic E-state index is 15.1. The predicted octanol–water partition coefficient (Wildman–Crippen LogP) is 6.17. The van der Waals surface area contributed by atoms with Crippen LogP contribution in [-0.2, 0) is 38.1 Å². The molecule has 0 spiro atoms. The molecule has 4 aliphatic rings. The minimum atomic E-state index is -2.05. The molecule has 1 saturated carbocycles. The number of hydrogen-bond acceptors (Lipinski definition) is 14. The van der Waals surface area contributed by atoms with Crippen molar-refractivity contribution in [1.82, 2.24) is 10.2 Å². The van der Waals surface area contributed by atoms with Gasteiger partial charge in [0.15, 0.2) is 5.78 Å². The SMILES string of the molecule is CC/C1=C(/C)[C@@H](OC(=O)[C@H](OC(=O)CCCN2CCCCC2)[C@@H](NC(=O)OC(C)(C)C)c2ccccc2)C[C@](O)(CC)[C@@H](OC(=O)c2ccccc2)C2[C@@H]3CO[C@@H]3C[C@H](O)[C@@]2(C)C(=O)[C@@H]1O. The Morgan fingerprint density at radius 3 is 2.20 bits per heavy atom. The molecule has 2 aliphatic carbocycles. The number of ether oxygens (including phenoxy) is 5. The molecule has 15 nitrogen and oxygen atoms in total. The van der Waals surface area contributed by atoms with E-state index in [1.807, 2.05) is 0 Å². The van der Waals surface area contributed by atoms with E-state index in [0.29, 0.717) is 18.5 Å². The summed E-state index contributed by atoms with van der Waals surface area (Å²) in [4.78, 5) is 73.8. The maximum Gasteiger partial charge on any atom is 0.408 e. The number of likely N-dealkylation sites (tertiary alicyclic amines) is 1. The number of rotatable bonds is 14. The molecule has 3 fully saturated rings. The summed E-state index contributed by atoms with van der Waals surface area (Å²) < 4.78 is 30.3. The van der Waals surface area contributed by atoms with E-state index in [2.05, 4.69) is 10.2 Å². The molecule has 2 heterocycles. The monoisotopic (exact) mass is 918 g/mol. The van der Waals surface area contributed by atoms with Gasteiger partial charge in [0.1, 0.15) is 35.6 Å². The Morgan fingerprint density at radius 1 is 0.955 bits per heavy atom. The second-order valence-electron chi connectivity index (χ2n) is 19.7. The number of amides is 1. The van der Waals surface area contributed by atoms with E-state index in [1.165, 1.54) is 0 Å². The van der Waals surface area contributed by atoms with E-state index in [-0.39, 0.29) is 49.0 Å². The number of Topliss-reactive ketones (excluding diaryl/α,β-unsaturated/α-hetero) is 1. The van der Waals surface area contributed by atoms with Crippen LogP contribution in [-0.4, -0.2) is 124 Å². The second-order valence-corrected chi connectivity index (χ2v) is 19.7. The van der Waals surface area contributed by atoms with E-state index in [1.54, 1.807) is 109 Å². The lowest BCUT2D eigenvalue weighted by Gasteiger charge is -2.59. The molecule has 66 heavy (non-hydrogen) atoms. The Kier molecular flexibility index (Phi) is 16.5. The lowest BCUT2D eigenvalue weighted by atomic mass is 9.52. The molecule has 4 N–H and O–H groups in total. The third kappa shape index (κ3) is 11.4. The molecule has 11 atom stereocenters. The number of hydrogen-bond donors (Lipinski definition) is 4. The first-order valence-electron chi connectivity index (χ1n) is 23.7. The van der Waals surface area contributed by atoms with Crippen molar-refractivity contribution < 1.29 is 63.0 Å². The number of nitrogens with one attached hydrogen (secondary N) is 1. The molecule has 6 rings (SSSR count). The van der Waals surface area contributed by atoms with E-state index in [0.717, 1.165) is 32.4 Å². The fourth-order valence-electron chi connectivity index (χ4n) is 10.3. The van der Waals surface area contributed by atoms with E-state index in [4.69, 9.17) is 23.7 Å². The fourth-order valence-corrected chi connectivity index (χ4v) is 10.3. The number of carbonyl (C=O) groups is 5. The first-order valence-corrected chi connectivity index (χ1v) is 23.7. The number of esters is 3. The molecule has 2 aliphatic heterocycles. The average molecular weight is 919 g/mol. The molecule has 2 aromatic rings. The molecular formula is C51H70N2O13. The number of aliphatic hydroxyl groups is 3. The summed E-state index contributed by atoms with van der Waals surface area (Å²) in [5, 5.41) is 40.0. The van der Waals surface area contributed by atoms with Crippen LogP contribution in [0.25, 0.3) is 0 Å². The Hall–Kier alpha value is -4.67. The molecule has 362 valence electrons. The number of carbonyl (C=O) groups excluding carboxylic acids is 5. The maximum absolute atomic E-state index is 15.1. The minimum Gasteiger partial charge on any atom is -0.455 e. The van der Waals surface area contributed by atoms with Crippen molar-refractivity contribution in [2.24, 2.45) is 17.3 Å². The molecule has 0 radical (unpaired) electrons. The van der Waals surface area contributed by atoms with Crippen LogP contribution in [0.15, 0.2) is 71.8 Å². The van der Waals surface area contributed by atoms with Crippen molar-refractivity contribution in [2.45, 2.75) is 160 Å². The summed E-state index contributed by atoms with van der Waals surface area (Å²) in [6.07, 6.45) is -5.83. The van der Waals surface area contributed by atoms with Gasteiger partial charge in [0.2, 0.25) is 6.10 Å². The zero-order valence-corrected chi connectivity index (χ0v) is 39.5.